The molecule has 0 saturated heterocycles. The third kappa shape index (κ3) is 7.28. The summed E-state index contributed by atoms with van der Waals surface area (Å²) >= 11 is 0. The summed E-state index contributed by atoms with van der Waals surface area (Å²) in [5, 5.41) is 3.28. The molecule has 0 aromatic carbocycles. The van der Waals surface area contributed by atoms with Crippen molar-refractivity contribution < 1.29 is 4.79 Å². The van der Waals surface area contributed by atoms with Crippen molar-refractivity contribution in [3.8, 4) is 0 Å². The fraction of sp³-hybridized carbons (Fsp3) is 0.941. The summed E-state index contributed by atoms with van der Waals surface area (Å²) in [6.45, 7) is 9.96. The minimum atomic E-state index is -0.384. The number of carbonyl (C=O) groups excluding carboxylic acids is 1. The molecule has 0 aromatic rings. The lowest BCUT2D eigenvalue weighted by molar-refractivity contribution is -0.132. The molecular weight excluding hydrogens is 262 g/mol. The summed E-state index contributed by atoms with van der Waals surface area (Å²) in [6, 6.07) is 0.201. The second kappa shape index (κ2) is 10.2. The zero-order valence-electron chi connectivity index (χ0n) is 15.0. The second-order valence-corrected chi connectivity index (χ2v) is 7.05. The lowest BCUT2D eigenvalue weighted by Crippen LogP contribution is -2.51. The van der Waals surface area contributed by atoms with E-state index in [0.29, 0.717) is 12.5 Å². The third-order valence-corrected chi connectivity index (χ3v) is 4.01. The van der Waals surface area contributed by atoms with E-state index in [1.54, 1.807) is 0 Å². The van der Waals surface area contributed by atoms with Crippen molar-refractivity contribution in [3.63, 3.8) is 0 Å². The summed E-state index contributed by atoms with van der Waals surface area (Å²) in [6.07, 6.45) is 4.74. The van der Waals surface area contributed by atoms with Crippen LogP contribution in [-0.4, -0.2) is 44.0 Å². The summed E-state index contributed by atoms with van der Waals surface area (Å²) in [4.78, 5) is 15.0. The van der Waals surface area contributed by atoms with Gasteiger partial charge in [0.25, 0.3) is 0 Å². The maximum atomic E-state index is 12.8. The summed E-state index contributed by atoms with van der Waals surface area (Å²) in [5.74, 6) is 0.723. The molecule has 1 atom stereocenters. The van der Waals surface area contributed by atoms with Crippen LogP contribution in [0.3, 0.4) is 0 Å². The maximum Gasteiger partial charge on any atom is 0.227 e. The van der Waals surface area contributed by atoms with Gasteiger partial charge >= 0.3 is 0 Å². The van der Waals surface area contributed by atoms with Gasteiger partial charge in [0.2, 0.25) is 5.91 Å². The molecule has 1 amide bonds. The van der Waals surface area contributed by atoms with E-state index in [9.17, 15) is 4.79 Å². The first-order chi connectivity index (χ1) is 9.81. The molecule has 0 spiro atoms. The number of amides is 1. The van der Waals surface area contributed by atoms with E-state index in [1.165, 1.54) is 0 Å². The lowest BCUT2D eigenvalue weighted by atomic mass is 9.78. The Hall–Kier alpha value is -0.610. The molecular formula is C17H37N3O. The van der Waals surface area contributed by atoms with Gasteiger partial charge in [-0.2, -0.15) is 0 Å². The minimum Gasteiger partial charge on any atom is -0.352 e. The highest BCUT2D eigenvalue weighted by Crippen LogP contribution is 2.29. The quantitative estimate of drug-likeness (QED) is 0.616. The fourth-order valence-corrected chi connectivity index (χ4v) is 3.13. The standard InChI is InChI=1S/C17H37N3O/c1-7-9-17(13-18,10-8-2)16(21)19-15(11-14(3)4)12-20(5)6/h14-15H,7-13,18H2,1-6H3,(H,19,21). The Bertz CT molecular complexity index is 274. The van der Waals surface area contributed by atoms with E-state index in [1.807, 2.05) is 14.1 Å². The molecule has 0 aliphatic heterocycles. The Labute approximate surface area is 131 Å². The number of hydrogen-bond donors (Lipinski definition) is 2. The van der Waals surface area contributed by atoms with Crippen LogP contribution in [0.15, 0.2) is 0 Å². The third-order valence-electron chi connectivity index (χ3n) is 4.01. The van der Waals surface area contributed by atoms with E-state index in [2.05, 4.69) is 37.9 Å². The van der Waals surface area contributed by atoms with Gasteiger partial charge in [0.1, 0.15) is 0 Å². The summed E-state index contributed by atoms with van der Waals surface area (Å²) in [5.41, 5.74) is 5.60. The monoisotopic (exact) mass is 299 g/mol. The fourth-order valence-electron chi connectivity index (χ4n) is 3.13. The summed E-state index contributed by atoms with van der Waals surface area (Å²) in [7, 11) is 4.10. The Morgan fingerprint density at radius 2 is 1.71 bits per heavy atom. The number of nitrogens with one attached hydrogen (secondary N) is 1. The van der Waals surface area contributed by atoms with Crippen LogP contribution in [0.25, 0.3) is 0 Å². The summed E-state index contributed by atoms with van der Waals surface area (Å²) < 4.78 is 0. The van der Waals surface area contributed by atoms with Crippen molar-refractivity contribution in [1.82, 2.24) is 10.2 Å². The normalized spacial score (nSPS) is 13.8. The number of nitrogens with zero attached hydrogens (tertiary/aromatic N) is 1. The van der Waals surface area contributed by atoms with E-state index in [-0.39, 0.29) is 17.4 Å². The first-order valence-electron chi connectivity index (χ1n) is 8.47. The van der Waals surface area contributed by atoms with Gasteiger partial charge in [-0.25, -0.2) is 0 Å². The molecule has 0 heterocycles. The van der Waals surface area contributed by atoms with Gasteiger partial charge in [-0.3, -0.25) is 4.79 Å². The molecule has 0 rings (SSSR count). The smallest absolute Gasteiger partial charge is 0.227 e. The zero-order valence-corrected chi connectivity index (χ0v) is 15.0. The predicted molar refractivity (Wildman–Crippen MR) is 91.2 cm³/mol. The van der Waals surface area contributed by atoms with Crippen LogP contribution in [0, 0.1) is 11.3 Å². The topological polar surface area (TPSA) is 58.4 Å². The van der Waals surface area contributed by atoms with Gasteiger partial charge in [0, 0.05) is 19.1 Å². The average Bonchev–Trinajstić information content (AvgIpc) is 2.36. The molecule has 4 nitrogen and oxygen atoms in total. The molecule has 0 aromatic heterocycles. The molecule has 126 valence electrons. The molecule has 0 saturated carbocycles. The SMILES string of the molecule is CCCC(CN)(CCC)C(=O)NC(CC(C)C)CN(C)C. The van der Waals surface area contributed by atoms with Crippen LogP contribution in [-0.2, 0) is 4.79 Å². The van der Waals surface area contributed by atoms with E-state index in [4.69, 9.17) is 5.73 Å². The van der Waals surface area contributed by atoms with Crippen LogP contribution in [0.2, 0.25) is 0 Å². The molecule has 0 bridgehead atoms. The van der Waals surface area contributed by atoms with Crippen LogP contribution < -0.4 is 11.1 Å². The minimum absolute atomic E-state index is 0.154. The predicted octanol–water partition coefficient (Wildman–Crippen LogP) is 2.62. The van der Waals surface area contributed by atoms with Crippen molar-refractivity contribution in [1.29, 1.82) is 0 Å². The number of likely N-dealkylation sites (N-methyl/N-ethyl adjacent to an activating group) is 1. The molecule has 1 unspecified atom stereocenters. The molecule has 4 heteroatoms. The average molecular weight is 300 g/mol. The van der Waals surface area contributed by atoms with E-state index < -0.39 is 0 Å². The highest BCUT2D eigenvalue weighted by Gasteiger charge is 2.36. The molecule has 21 heavy (non-hydrogen) atoms. The molecule has 0 fully saturated rings. The van der Waals surface area contributed by atoms with Gasteiger partial charge in [-0.15, -0.1) is 0 Å². The number of hydrogen-bond acceptors (Lipinski definition) is 3. The van der Waals surface area contributed by atoms with Crippen molar-refractivity contribution >= 4 is 5.91 Å². The van der Waals surface area contributed by atoms with Crippen molar-refractivity contribution in [2.75, 3.05) is 27.2 Å². The van der Waals surface area contributed by atoms with E-state index >= 15 is 0 Å². The Kier molecular flexibility index (Phi) is 9.88. The first kappa shape index (κ1) is 20.4. The number of carbonyl (C=O) groups is 1. The number of rotatable bonds is 11. The van der Waals surface area contributed by atoms with Gasteiger partial charge < -0.3 is 16.0 Å². The van der Waals surface area contributed by atoms with Crippen LogP contribution in [0.5, 0.6) is 0 Å². The van der Waals surface area contributed by atoms with Gasteiger partial charge in [0.05, 0.1) is 5.41 Å². The van der Waals surface area contributed by atoms with Crippen molar-refractivity contribution in [2.45, 2.75) is 65.8 Å². The largest absolute Gasteiger partial charge is 0.352 e. The molecule has 0 aliphatic rings. The Balaban J connectivity index is 4.95. The maximum absolute atomic E-state index is 12.8. The van der Waals surface area contributed by atoms with E-state index in [0.717, 1.165) is 38.6 Å². The van der Waals surface area contributed by atoms with Crippen molar-refractivity contribution in [2.24, 2.45) is 17.1 Å². The molecule has 0 aliphatic carbocycles. The van der Waals surface area contributed by atoms with Crippen molar-refractivity contribution in [3.05, 3.63) is 0 Å². The lowest BCUT2D eigenvalue weighted by Gasteiger charge is -2.34. The van der Waals surface area contributed by atoms with Crippen LogP contribution >= 0.6 is 0 Å². The highest BCUT2D eigenvalue weighted by molar-refractivity contribution is 5.83. The highest BCUT2D eigenvalue weighted by atomic mass is 16.2. The van der Waals surface area contributed by atoms with Crippen LogP contribution in [0.1, 0.15) is 59.8 Å². The molecule has 3 N–H and O–H groups in total. The Morgan fingerprint density at radius 1 is 1.19 bits per heavy atom. The Morgan fingerprint density at radius 3 is 2.05 bits per heavy atom. The van der Waals surface area contributed by atoms with Gasteiger partial charge in [-0.05, 0) is 39.3 Å². The van der Waals surface area contributed by atoms with Gasteiger partial charge in [-0.1, -0.05) is 40.5 Å². The zero-order chi connectivity index (χ0) is 16.5. The second-order valence-electron chi connectivity index (χ2n) is 7.05. The van der Waals surface area contributed by atoms with Gasteiger partial charge in [0.15, 0.2) is 0 Å². The number of nitrogens with two attached hydrogens (primary N) is 1. The molecule has 0 radical (unpaired) electrons. The van der Waals surface area contributed by atoms with Crippen LogP contribution in [0.4, 0.5) is 0 Å². The first-order valence-corrected chi connectivity index (χ1v) is 8.47.